The molecule has 0 aromatic heterocycles. The number of ether oxygens (including phenoxy) is 3. The van der Waals surface area contributed by atoms with Crippen LogP contribution in [0.25, 0.3) is 0 Å². The Morgan fingerprint density at radius 1 is 0.319 bits per heavy atom. The van der Waals surface area contributed by atoms with Crippen LogP contribution >= 0.6 is 0 Å². The van der Waals surface area contributed by atoms with E-state index in [-0.39, 0.29) is 37.5 Å². The Morgan fingerprint density at radius 3 is 1.10 bits per heavy atom. The standard InChI is InChI=1S/C63H100O6/c1-4-7-10-13-16-19-22-25-28-31-33-35-38-41-44-47-50-53-56-62(65)68-59-60(58-67-61(64)55-52-49-46-43-40-37-34-30-27-24-21-18-15-12-9-6-3)69-63(66)57-54-51-48-45-42-39-36-32-29-26-23-20-17-14-11-8-5-2/h9,12,16,18-19,21-22,25-31,33,35-37,39-40,45,48,60H,4-8,10-11,13-15,17,20,23-24,32,34,38,41-44,46-47,49-59H2,1-3H3/b12-9-,19-16-,21-18-,25-22-,29-26-,30-27-,31-28-,35-33-,39-36-,40-37-,48-45-. The molecule has 1 atom stereocenters. The van der Waals surface area contributed by atoms with Crippen molar-refractivity contribution in [1.29, 1.82) is 0 Å². The van der Waals surface area contributed by atoms with Crippen molar-refractivity contribution in [3.63, 3.8) is 0 Å². The number of allylic oxidation sites excluding steroid dienone is 22. The van der Waals surface area contributed by atoms with Gasteiger partial charge in [-0.25, -0.2) is 0 Å². The van der Waals surface area contributed by atoms with Crippen LogP contribution in [0.4, 0.5) is 0 Å². The third-order valence-corrected chi connectivity index (χ3v) is 11.2. The Bertz CT molecular complexity index is 1510. The van der Waals surface area contributed by atoms with Gasteiger partial charge in [0.05, 0.1) is 0 Å². The highest BCUT2D eigenvalue weighted by molar-refractivity contribution is 5.71. The smallest absolute Gasteiger partial charge is 0.306 e. The molecule has 0 fully saturated rings. The molecule has 0 N–H and O–H groups in total. The molecule has 1 unspecified atom stereocenters. The summed E-state index contributed by atoms with van der Waals surface area (Å²) >= 11 is 0. The fourth-order valence-corrected chi connectivity index (χ4v) is 7.05. The molecule has 0 aromatic rings. The van der Waals surface area contributed by atoms with Gasteiger partial charge in [-0.15, -0.1) is 0 Å². The summed E-state index contributed by atoms with van der Waals surface area (Å²) in [7, 11) is 0. The molecule has 0 aliphatic rings. The molecule has 0 heterocycles. The number of unbranched alkanes of at least 4 members (excludes halogenated alkanes) is 18. The number of hydrogen-bond acceptors (Lipinski definition) is 6. The minimum absolute atomic E-state index is 0.125. The quantitative estimate of drug-likeness (QED) is 0.0199. The molecule has 0 saturated heterocycles. The van der Waals surface area contributed by atoms with E-state index in [9.17, 15) is 14.4 Å². The molecule has 69 heavy (non-hydrogen) atoms. The molecule has 6 heteroatoms. The largest absolute Gasteiger partial charge is 0.462 e. The van der Waals surface area contributed by atoms with Crippen LogP contribution in [0.2, 0.25) is 0 Å². The molecule has 0 bridgehead atoms. The maximum atomic E-state index is 12.8. The number of hydrogen-bond donors (Lipinski definition) is 0. The molecule has 0 aliphatic heterocycles. The Hall–Kier alpha value is -4.45. The molecular weight excluding hydrogens is 853 g/mol. The van der Waals surface area contributed by atoms with Gasteiger partial charge < -0.3 is 14.2 Å². The van der Waals surface area contributed by atoms with E-state index in [4.69, 9.17) is 14.2 Å². The van der Waals surface area contributed by atoms with Crippen LogP contribution in [0, 0.1) is 0 Å². The van der Waals surface area contributed by atoms with Gasteiger partial charge in [-0.1, -0.05) is 225 Å². The fraction of sp³-hybridized carbons (Fsp3) is 0.603. The van der Waals surface area contributed by atoms with Crippen LogP contribution in [0.1, 0.15) is 226 Å². The Kier molecular flexibility index (Phi) is 52.5. The normalized spacial score (nSPS) is 13.1. The van der Waals surface area contributed by atoms with E-state index in [0.717, 1.165) is 116 Å². The zero-order valence-corrected chi connectivity index (χ0v) is 44.3. The average Bonchev–Trinajstić information content (AvgIpc) is 3.35. The second kappa shape index (κ2) is 56.1. The van der Waals surface area contributed by atoms with Gasteiger partial charge in [0.25, 0.3) is 0 Å². The SMILES string of the molecule is CC/C=C\C/C=C\C/C=C\C/C=C\CCCCCC(=O)OCC(COC(=O)CCCCCCC\C=C/C=C\C=C/C=C\CCCCC)OC(=O)CCC/C=C\C/C=C\C/C=C\CCCCCCCC. The van der Waals surface area contributed by atoms with E-state index in [1.165, 1.54) is 64.2 Å². The monoisotopic (exact) mass is 953 g/mol. The minimum atomic E-state index is -0.833. The van der Waals surface area contributed by atoms with Crippen molar-refractivity contribution < 1.29 is 28.6 Å². The highest BCUT2D eigenvalue weighted by Gasteiger charge is 2.19. The fourth-order valence-electron chi connectivity index (χ4n) is 7.05. The number of esters is 3. The van der Waals surface area contributed by atoms with Gasteiger partial charge in [0.2, 0.25) is 0 Å². The maximum absolute atomic E-state index is 12.8. The number of rotatable bonds is 48. The van der Waals surface area contributed by atoms with Crippen molar-refractivity contribution >= 4 is 17.9 Å². The van der Waals surface area contributed by atoms with Crippen molar-refractivity contribution in [2.45, 2.75) is 232 Å². The van der Waals surface area contributed by atoms with Gasteiger partial charge in [0, 0.05) is 19.3 Å². The predicted octanol–water partition coefficient (Wildman–Crippen LogP) is 18.6. The third-order valence-electron chi connectivity index (χ3n) is 11.2. The first kappa shape index (κ1) is 64.5. The van der Waals surface area contributed by atoms with E-state index >= 15 is 0 Å². The molecule has 0 aliphatic carbocycles. The molecule has 0 aromatic carbocycles. The Morgan fingerprint density at radius 2 is 0.638 bits per heavy atom. The van der Waals surface area contributed by atoms with Gasteiger partial charge in [-0.05, 0) is 116 Å². The Labute approximate surface area is 424 Å². The van der Waals surface area contributed by atoms with Crippen LogP contribution in [-0.2, 0) is 28.6 Å². The third kappa shape index (κ3) is 54.4. The van der Waals surface area contributed by atoms with Gasteiger partial charge >= 0.3 is 17.9 Å². The van der Waals surface area contributed by atoms with Crippen LogP contribution in [0.3, 0.4) is 0 Å². The first-order chi connectivity index (χ1) is 34.0. The summed E-state index contributed by atoms with van der Waals surface area (Å²) in [5.74, 6) is -1.04. The second-order valence-electron chi connectivity index (χ2n) is 17.8. The van der Waals surface area contributed by atoms with Gasteiger partial charge in [0.15, 0.2) is 6.10 Å². The molecule has 6 nitrogen and oxygen atoms in total. The summed E-state index contributed by atoms with van der Waals surface area (Å²) in [5.41, 5.74) is 0. The second-order valence-corrected chi connectivity index (χ2v) is 17.8. The molecule has 0 radical (unpaired) electrons. The van der Waals surface area contributed by atoms with Gasteiger partial charge in [0.1, 0.15) is 13.2 Å². The zero-order valence-electron chi connectivity index (χ0n) is 44.3. The number of carbonyl (C=O) groups is 3. The highest BCUT2D eigenvalue weighted by atomic mass is 16.6. The lowest BCUT2D eigenvalue weighted by Gasteiger charge is -2.18. The molecule has 0 saturated carbocycles. The van der Waals surface area contributed by atoms with Crippen LogP contribution in [-0.4, -0.2) is 37.2 Å². The first-order valence-corrected chi connectivity index (χ1v) is 27.7. The minimum Gasteiger partial charge on any atom is -0.462 e. The summed E-state index contributed by atoms with van der Waals surface area (Å²) in [5, 5.41) is 0. The molecule has 0 spiro atoms. The number of carbonyl (C=O) groups excluding carboxylic acids is 3. The Balaban J connectivity index is 4.60. The summed E-state index contributed by atoms with van der Waals surface area (Å²) in [6.45, 7) is 6.38. The van der Waals surface area contributed by atoms with Crippen LogP contribution in [0.15, 0.2) is 134 Å². The predicted molar refractivity (Wildman–Crippen MR) is 297 cm³/mol. The van der Waals surface area contributed by atoms with Gasteiger partial charge in [-0.2, -0.15) is 0 Å². The highest BCUT2D eigenvalue weighted by Crippen LogP contribution is 2.12. The van der Waals surface area contributed by atoms with E-state index in [1.54, 1.807) is 0 Å². The molecular formula is C63H100O6. The van der Waals surface area contributed by atoms with Crippen molar-refractivity contribution in [3.05, 3.63) is 134 Å². The van der Waals surface area contributed by atoms with E-state index in [1.807, 2.05) is 0 Å². The van der Waals surface area contributed by atoms with Crippen molar-refractivity contribution in [1.82, 2.24) is 0 Å². The maximum Gasteiger partial charge on any atom is 0.306 e. The first-order valence-electron chi connectivity index (χ1n) is 27.7. The summed E-state index contributed by atoms with van der Waals surface area (Å²) in [6, 6.07) is 0. The topological polar surface area (TPSA) is 78.9 Å². The van der Waals surface area contributed by atoms with Crippen molar-refractivity contribution in [2.24, 2.45) is 0 Å². The molecule has 0 rings (SSSR count). The van der Waals surface area contributed by atoms with E-state index in [0.29, 0.717) is 19.3 Å². The zero-order chi connectivity index (χ0) is 50.0. The van der Waals surface area contributed by atoms with Crippen molar-refractivity contribution in [3.8, 4) is 0 Å². The van der Waals surface area contributed by atoms with E-state index < -0.39 is 6.10 Å². The van der Waals surface area contributed by atoms with Crippen LogP contribution in [0.5, 0.6) is 0 Å². The lowest BCUT2D eigenvalue weighted by molar-refractivity contribution is -0.167. The van der Waals surface area contributed by atoms with E-state index in [2.05, 4.69) is 154 Å². The summed E-state index contributed by atoms with van der Waals surface area (Å²) in [6.07, 6.45) is 78.6. The average molecular weight is 953 g/mol. The summed E-state index contributed by atoms with van der Waals surface area (Å²) < 4.78 is 16.7. The lowest BCUT2D eigenvalue weighted by atomic mass is 10.1. The lowest BCUT2D eigenvalue weighted by Crippen LogP contribution is -2.30. The van der Waals surface area contributed by atoms with Gasteiger partial charge in [-0.3, -0.25) is 14.4 Å². The molecule has 388 valence electrons. The van der Waals surface area contributed by atoms with Crippen molar-refractivity contribution in [2.75, 3.05) is 13.2 Å². The summed E-state index contributed by atoms with van der Waals surface area (Å²) in [4.78, 5) is 38.1. The molecule has 0 amide bonds. The van der Waals surface area contributed by atoms with Crippen LogP contribution < -0.4 is 0 Å².